The van der Waals surface area contributed by atoms with Crippen molar-refractivity contribution in [2.75, 3.05) is 0 Å². The normalized spacial score (nSPS) is 12.8. The second kappa shape index (κ2) is 15.0. The number of rotatable bonds is 6. The van der Waals surface area contributed by atoms with Gasteiger partial charge >= 0.3 is 0 Å². The van der Waals surface area contributed by atoms with Crippen LogP contribution < -0.4 is 0 Å². The Bertz CT molecular complexity index is 3860. The Morgan fingerprint density at radius 3 is 1.40 bits per heavy atom. The van der Waals surface area contributed by atoms with E-state index < -0.39 is 0 Å². The highest BCUT2D eigenvalue weighted by atomic mass is 16.3. The van der Waals surface area contributed by atoms with E-state index in [0.717, 1.165) is 55.3 Å². The quantitative estimate of drug-likeness (QED) is 0.167. The summed E-state index contributed by atoms with van der Waals surface area (Å²) in [6, 6.07) is 84.7. The second-order valence-electron chi connectivity index (χ2n) is 17.8. The van der Waals surface area contributed by atoms with Gasteiger partial charge in [-0.05, 0) is 102 Å². The molecule has 2 aromatic heterocycles. The van der Waals surface area contributed by atoms with Crippen LogP contribution >= 0.6 is 0 Å². The molecule has 0 N–H and O–H groups in total. The van der Waals surface area contributed by atoms with Crippen LogP contribution in [-0.2, 0) is 5.41 Å². The Morgan fingerprint density at radius 1 is 0.279 bits per heavy atom. The lowest BCUT2D eigenvalue weighted by atomic mass is 9.70. The fraction of sp³-hybridized carbons (Fsp3) is 0.0156. The van der Waals surface area contributed by atoms with Gasteiger partial charge in [0.25, 0.3) is 0 Å². The number of hydrogen-bond acceptors (Lipinski definition) is 4. The topological polar surface area (TPSA) is 51.8 Å². The number of furan rings is 1. The van der Waals surface area contributed by atoms with Crippen LogP contribution in [0.5, 0.6) is 0 Å². The Labute approximate surface area is 393 Å². The van der Waals surface area contributed by atoms with Crippen LogP contribution in [0.4, 0.5) is 0 Å². The third kappa shape index (κ3) is 5.71. The highest BCUT2D eigenvalue weighted by Gasteiger charge is 2.52. The lowest BCUT2D eigenvalue weighted by Crippen LogP contribution is -2.25. The molecule has 0 saturated carbocycles. The average Bonchev–Trinajstić information content (AvgIpc) is 4.05. The van der Waals surface area contributed by atoms with Crippen molar-refractivity contribution in [3.63, 3.8) is 0 Å². The zero-order chi connectivity index (χ0) is 44.8. The van der Waals surface area contributed by atoms with E-state index in [1.165, 1.54) is 61.2 Å². The molecule has 316 valence electrons. The first kappa shape index (κ1) is 38.3. The van der Waals surface area contributed by atoms with Crippen LogP contribution in [0.15, 0.2) is 241 Å². The molecule has 0 aliphatic heterocycles. The molecule has 1 spiro atoms. The molecule has 68 heavy (non-hydrogen) atoms. The first-order valence-corrected chi connectivity index (χ1v) is 23.2. The Balaban J connectivity index is 0.840. The van der Waals surface area contributed by atoms with E-state index in [4.69, 9.17) is 19.4 Å². The largest absolute Gasteiger partial charge is 0.456 e. The van der Waals surface area contributed by atoms with Gasteiger partial charge in [0, 0.05) is 27.5 Å². The van der Waals surface area contributed by atoms with Crippen molar-refractivity contribution >= 4 is 21.9 Å². The van der Waals surface area contributed by atoms with E-state index in [0.29, 0.717) is 17.5 Å². The van der Waals surface area contributed by atoms with Gasteiger partial charge in [0.2, 0.25) is 0 Å². The summed E-state index contributed by atoms with van der Waals surface area (Å²) in [6.45, 7) is 0. The molecule has 10 aromatic carbocycles. The summed E-state index contributed by atoms with van der Waals surface area (Å²) in [7, 11) is 0. The van der Waals surface area contributed by atoms with E-state index in [-0.39, 0.29) is 5.41 Å². The lowest BCUT2D eigenvalue weighted by Gasteiger charge is -2.30. The van der Waals surface area contributed by atoms with E-state index in [9.17, 15) is 0 Å². The molecule has 2 aliphatic rings. The van der Waals surface area contributed by atoms with Crippen LogP contribution in [0, 0.1) is 0 Å². The summed E-state index contributed by atoms with van der Waals surface area (Å²) in [5.74, 6) is 1.85. The molecule has 2 heterocycles. The maximum Gasteiger partial charge on any atom is 0.164 e. The Morgan fingerprint density at radius 2 is 0.735 bits per heavy atom. The Kier molecular flexibility index (Phi) is 8.46. The van der Waals surface area contributed by atoms with Gasteiger partial charge in [0.1, 0.15) is 11.2 Å². The van der Waals surface area contributed by atoms with Crippen LogP contribution in [0.2, 0.25) is 0 Å². The van der Waals surface area contributed by atoms with Gasteiger partial charge in [-0.3, -0.25) is 0 Å². The molecule has 0 radical (unpaired) electrons. The third-order valence-corrected chi connectivity index (χ3v) is 14.2. The molecule has 4 heteroatoms. The molecule has 14 rings (SSSR count). The maximum atomic E-state index is 6.49. The lowest BCUT2D eigenvalue weighted by molar-refractivity contribution is 0.669. The minimum atomic E-state index is -0.375. The van der Waals surface area contributed by atoms with Crippen molar-refractivity contribution in [1.29, 1.82) is 0 Å². The summed E-state index contributed by atoms with van der Waals surface area (Å²) in [5, 5.41) is 1.99. The molecule has 2 aliphatic carbocycles. The summed E-state index contributed by atoms with van der Waals surface area (Å²) in [5.41, 5.74) is 21.7. The van der Waals surface area contributed by atoms with Gasteiger partial charge in [-0.1, -0.05) is 212 Å². The monoisotopic (exact) mass is 865 g/mol. The van der Waals surface area contributed by atoms with E-state index in [1.54, 1.807) is 0 Å². The van der Waals surface area contributed by atoms with Gasteiger partial charge in [0.05, 0.1) is 5.41 Å². The number of fused-ring (bicyclic) bond motifs is 13. The maximum absolute atomic E-state index is 6.49. The van der Waals surface area contributed by atoms with Crippen molar-refractivity contribution in [3.05, 3.63) is 259 Å². The molecule has 0 saturated heterocycles. The standard InChI is InChI=1S/C64H39N3O/c1-3-16-42(17-4-1)61-65-62(43-18-5-2-6-19-43)67-63(66-61)51-26-15-31-58-60(51)52-39-45(36-37-57(52)68-58)41-34-32-40(33-35-41)44-20-13-21-46(38-44)47-25-14-30-56-59(47)50-24-9-12-29-55(50)64(56)53-27-10-7-22-48(53)49-23-8-11-28-54(49)64/h1-39H. The molecule has 0 fully saturated rings. The van der Waals surface area contributed by atoms with Gasteiger partial charge in [-0.15, -0.1) is 0 Å². The van der Waals surface area contributed by atoms with Crippen molar-refractivity contribution in [2.24, 2.45) is 0 Å². The minimum Gasteiger partial charge on any atom is -0.456 e. The smallest absolute Gasteiger partial charge is 0.164 e. The first-order valence-electron chi connectivity index (χ1n) is 23.2. The fourth-order valence-electron chi connectivity index (χ4n) is 11.2. The van der Waals surface area contributed by atoms with Gasteiger partial charge < -0.3 is 4.42 Å². The molecule has 0 unspecified atom stereocenters. The SMILES string of the molecule is c1ccc(-c2nc(-c3ccccc3)nc(-c3cccc4oc5ccc(-c6ccc(-c7cccc(-c8cccc9c8-c8ccccc8C98c9ccccc9-c9ccccc98)c7)cc6)cc5c34)n2)cc1. The minimum absolute atomic E-state index is 0.375. The van der Waals surface area contributed by atoms with Crippen LogP contribution in [0.3, 0.4) is 0 Å². The third-order valence-electron chi connectivity index (χ3n) is 14.2. The summed E-state index contributed by atoms with van der Waals surface area (Å²) in [6.07, 6.45) is 0. The molecule has 0 amide bonds. The Hall–Kier alpha value is -8.99. The van der Waals surface area contributed by atoms with E-state index in [2.05, 4.69) is 164 Å². The van der Waals surface area contributed by atoms with Crippen molar-refractivity contribution < 1.29 is 4.42 Å². The van der Waals surface area contributed by atoms with Gasteiger partial charge in [-0.2, -0.15) is 0 Å². The predicted molar refractivity (Wildman–Crippen MR) is 276 cm³/mol. The fourth-order valence-corrected chi connectivity index (χ4v) is 11.2. The molecular formula is C64H39N3O. The number of benzene rings is 10. The van der Waals surface area contributed by atoms with Gasteiger partial charge in [0.15, 0.2) is 17.5 Å². The van der Waals surface area contributed by atoms with Crippen LogP contribution in [-0.4, -0.2) is 15.0 Å². The number of nitrogens with zero attached hydrogens (tertiary/aromatic N) is 3. The number of aromatic nitrogens is 3. The summed E-state index contributed by atoms with van der Waals surface area (Å²) < 4.78 is 6.49. The zero-order valence-electron chi connectivity index (χ0n) is 36.8. The zero-order valence-corrected chi connectivity index (χ0v) is 36.8. The summed E-state index contributed by atoms with van der Waals surface area (Å²) in [4.78, 5) is 15.1. The number of hydrogen-bond donors (Lipinski definition) is 0. The highest BCUT2D eigenvalue weighted by Crippen LogP contribution is 2.64. The summed E-state index contributed by atoms with van der Waals surface area (Å²) >= 11 is 0. The van der Waals surface area contributed by atoms with Gasteiger partial charge in [-0.25, -0.2) is 15.0 Å². The predicted octanol–water partition coefficient (Wildman–Crippen LogP) is 16.1. The van der Waals surface area contributed by atoms with Crippen molar-refractivity contribution in [3.8, 4) is 89.8 Å². The van der Waals surface area contributed by atoms with E-state index >= 15 is 0 Å². The van der Waals surface area contributed by atoms with E-state index in [1.807, 2.05) is 72.8 Å². The van der Waals surface area contributed by atoms with Crippen LogP contribution in [0.1, 0.15) is 22.3 Å². The average molecular weight is 866 g/mol. The molecule has 4 nitrogen and oxygen atoms in total. The van der Waals surface area contributed by atoms with Crippen LogP contribution in [0.25, 0.3) is 112 Å². The first-order chi connectivity index (χ1) is 33.7. The molecule has 0 bridgehead atoms. The molecule has 12 aromatic rings. The highest BCUT2D eigenvalue weighted by molar-refractivity contribution is 6.13. The van der Waals surface area contributed by atoms with Crippen molar-refractivity contribution in [2.45, 2.75) is 5.41 Å². The second-order valence-corrected chi connectivity index (χ2v) is 17.8. The van der Waals surface area contributed by atoms with Crippen molar-refractivity contribution in [1.82, 2.24) is 15.0 Å². The molecular weight excluding hydrogens is 827 g/mol. The molecule has 0 atom stereocenters.